The Kier molecular flexibility index (Phi) is 5.34. The molecule has 6 nitrogen and oxygen atoms in total. The van der Waals surface area contributed by atoms with Crippen LogP contribution in [0.1, 0.15) is 5.56 Å². The highest BCUT2D eigenvalue weighted by molar-refractivity contribution is 6.30. The van der Waals surface area contributed by atoms with Gasteiger partial charge in [-0.15, -0.1) is 0 Å². The van der Waals surface area contributed by atoms with Gasteiger partial charge in [-0.05, 0) is 17.7 Å². The maximum atomic E-state index is 9.84. The van der Waals surface area contributed by atoms with Crippen molar-refractivity contribution < 1.29 is 25.2 Å². The lowest BCUT2D eigenvalue weighted by atomic mass is 9.98. The van der Waals surface area contributed by atoms with Gasteiger partial charge >= 0.3 is 0 Å². The van der Waals surface area contributed by atoms with Gasteiger partial charge in [0.1, 0.15) is 30.6 Å². The molecular formula is C13H18ClNO5. The number of aliphatic hydroxyl groups excluding tert-OH is 4. The molecule has 2 rings (SSSR count). The Balaban J connectivity index is 1.95. The second-order valence-electron chi connectivity index (χ2n) is 4.76. The number of rotatable bonds is 4. The molecule has 0 unspecified atom stereocenters. The first-order valence-electron chi connectivity index (χ1n) is 6.31. The molecule has 1 heterocycles. The second kappa shape index (κ2) is 6.82. The zero-order chi connectivity index (χ0) is 14.7. The van der Waals surface area contributed by atoms with Crippen molar-refractivity contribution in [3.63, 3.8) is 0 Å². The van der Waals surface area contributed by atoms with Gasteiger partial charge in [-0.3, -0.25) is 5.32 Å². The first-order valence-corrected chi connectivity index (χ1v) is 6.69. The molecule has 7 heteroatoms. The summed E-state index contributed by atoms with van der Waals surface area (Å²) in [5, 5.41) is 41.8. The van der Waals surface area contributed by atoms with E-state index in [0.29, 0.717) is 11.6 Å². The summed E-state index contributed by atoms with van der Waals surface area (Å²) in [4.78, 5) is 0. The molecule has 0 amide bonds. The Hall–Kier alpha value is -0.730. The van der Waals surface area contributed by atoms with Crippen LogP contribution in [0, 0.1) is 0 Å². The van der Waals surface area contributed by atoms with Crippen LogP contribution in [-0.2, 0) is 11.3 Å². The fourth-order valence-electron chi connectivity index (χ4n) is 2.09. The van der Waals surface area contributed by atoms with E-state index in [9.17, 15) is 15.3 Å². The van der Waals surface area contributed by atoms with E-state index >= 15 is 0 Å². The fraction of sp³-hybridized carbons (Fsp3) is 0.538. The van der Waals surface area contributed by atoms with Crippen molar-refractivity contribution in [1.29, 1.82) is 0 Å². The van der Waals surface area contributed by atoms with Crippen molar-refractivity contribution in [1.82, 2.24) is 5.32 Å². The van der Waals surface area contributed by atoms with Crippen molar-refractivity contribution >= 4 is 11.6 Å². The summed E-state index contributed by atoms with van der Waals surface area (Å²) in [6.45, 7) is -0.0517. The van der Waals surface area contributed by atoms with Crippen LogP contribution in [0.15, 0.2) is 24.3 Å². The van der Waals surface area contributed by atoms with Gasteiger partial charge in [0.2, 0.25) is 0 Å². The van der Waals surface area contributed by atoms with Crippen molar-refractivity contribution in [2.45, 2.75) is 37.2 Å². The van der Waals surface area contributed by atoms with Gasteiger partial charge in [-0.25, -0.2) is 0 Å². The summed E-state index contributed by atoms with van der Waals surface area (Å²) in [5.74, 6) is 0. The molecule has 0 saturated carbocycles. The van der Waals surface area contributed by atoms with Gasteiger partial charge in [0.15, 0.2) is 0 Å². The van der Waals surface area contributed by atoms with E-state index in [-0.39, 0.29) is 0 Å². The van der Waals surface area contributed by atoms with Crippen LogP contribution in [0.4, 0.5) is 0 Å². The lowest BCUT2D eigenvalue weighted by molar-refractivity contribution is -0.236. The summed E-state index contributed by atoms with van der Waals surface area (Å²) < 4.78 is 5.33. The standard InChI is InChI=1S/C13H18ClNO5/c14-8-3-1-7(2-4-8)5-15-13-12(19)11(18)10(17)9(6-16)20-13/h1-4,9-13,15-19H,5-6H2/t9-,10+,11+,12+,13+/m0/s1. The molecule has 1 aromatic carbocycles. The lowest BCUT2D eigenvalue weighted by Crippen LogP contribution is -2.62. The molecule has 0 radical (unpaired) electrons. The number of ether oxygens (including phenoxy) is 1. The Labute approximate surface area is 121 Å². The minimum absolute atomic E-state index is 0.389. The van der Waals surface area contributed by atoms with Crippen LogP contribution >= 0.6 is 11.6 Å². The summed E-state index contributed by atoms with van der Waals surface area (Å²) in [7, 11) is 0. The molecule has 20 heavy (non-hydrogen) atoms. The summed E-state index contributed by atoms with van der Waals surface area (Å²) in [6.07, 6.45) is -5.77. The monoisotopic (exact) mass is 303 g/mol. The maximum Gasteiger partial charge on any atom is 0.137 e. The molecular weight excluding hydrogens is 286 g/mol. The normalized spacial score (nSPS) is 34.1. The van der Waals surface area contributed by atoms with E-state index in [0.717, 1.165) is 5.56 Å². The van der Waals surface area contributed by atoms with E-state index in [1.807, 2.05) is 12.1 Å². The molecule has 5 atom stereocenters. The van der Waals surface area contributed by atoms with Gasteiger partial charge in [0, 0.05) is 11.6 Å². The van der Waals surface area contributed by atoms with Crippen molar-refractivity contribution in [3.8, 4) is 0 Å². The first kappa shape index (κ1) is 15.7. The van der Waals surface area contributed by atoms with E-state index < -0.39 is 37.3 Å². The molecule has 0 bridgehead atoms. The Morgan fingerprint density at radius 3 is 2.30 bits per heavy atom. The molecule has 0 spiro atoms. The van der Waals surface area contributed by atoms with Crippen molar-refractivity contribution in [2.75, 3.05) is 6.61 Å². The van der Waals surface area contributed by atoms with Crippen LogP contribution in [0.3, 0.4) is 0 Å². The lowest BCUT2D eigenvalue weighted by Gasteiger charge is -2.40. The molecule has 1 fully saturated rings. The number of hydrogen-bond donors (Lipinski definition) is 5. The van der Waals surface area contributed by atoms with Crippen LogP contribution in [0.25, 0.3) is 0 Å². The van der Waals surface area contributed by atoms with Crippen molar-refractivity contribution in [2.24, 2.45) is 0 Å². The third kappa shape index (κ3) is 3.48. The van der Waals surface area contributed by atoms with Gasteiger partial charge < -0.3 is 25.2 Å². The van der Waals surface area contributed by atoms with Gasteiger partial charge in [-0.2, -0.15) is 0 Å². The number of halogens is 1. The number of nitrogens with one attached hydrogen (secondary N) is 1. The highest BCUT2D eigenvalue weighted by Crippen LogP contribution is 2.20. The van der Waals surface area contributed by atoms with Crippen LogP contribution in [-0.4, -0.2) is 57.7 Å². The maximum absolute atomic E-state index is 9.84. The summed E-state index contributed by atoms with van der Waals surface area (Å²) in [5.41, 5.74) is 0.923. The highest BCUT2D eigenvalue weighted by Gasteiger charge is 2.43. The molecule has 1 aromatic rings. The minimum Gasteiger partial charge on any atom is -0.394 e. The average Bonchev–Trinajstić information content (AvgIpc) is 2.46. The zero-order valence-electron chi connectivity index (χ0n) is 10.7. The van der Waals surface area contributed by atoms with E-state index in [1.165, 1.54) is 0 Å². The van der Waals surface area contributed by atoms with Gasteiger partial charge in [0.05, 0.1) is 6.61 Å². The number of aliphatic hydroxyl groups is 4. The molecule has 0 aromatic heterocycles. The Morgan fingerprint density at radius 1 is 1.05 bits per heavy atom. The predicted octanol–water partition coefficient (Wildman–Crippen LogP) is -0.771. The molecule has 5 N–H and O–H groups in total. The van der Waals surface area contributed by atoms with E-state index in [4.69, 9.17) is 21.4 Å². The zero-order valence-corrected chi connectivity index (χ0v) is 11.4. The smallest absolute Gasteiger partial charge is 0.137 e. The van der Waals surface area contributed by atoms with Gasteiger partial charge in [-0.1, -0.05) is 23.7 Å². The third-order valence-corrected chi connectivity index (χ3v) is 3.56. The first-order chi connectivity index (χ1) is 9.52. The van der Waals surface area contributed by atoms with E-state index in [2.05, 4.69) is 5.32 Å². The van der Waals surface area contributed by atoms with E-state index in [1.54, 1.807) is 12.1 Å². The molecule has 1 aliphatic heterocycles. The van der Waals surface area contributed by atoms with Crippen LogP contribution in [0.5, 0.6) is 0 Å². The quantitative estimate of drug-likeness (QED) is 0.501. The predicted molar refractivity (Wildman–Crippen MR) is 72.1 cm³/mol. The highest BCUT2D eigenvalue weighted by atomic mass is 35.5. The Morgan fingerprint density at radius 2 is 1.70 bits per heavy atom. The SMILES string of the molecule is OC[C@@H]1O[C@@H](NCc2ccc(Cl)cc2)[C@H](O)[C@H](O)[C@@H]1O. The fourth-order valence-corrected chi connectivity index (χ4v) is 2.22. The topological polar surface area (TPSA) is 102 Å². The molecule has 1 aliphatic rings. The Bertz CT molecular complexity index is 427. The summed E-state index contributed by atoms with van der Waals surface area (Å²) >= 11 is 5.78. The largest absolute Gasteiger partial charge is 0.394 e. The number of hydrogen-bond acceptors (Lipinski definition) is 6. The molecule has 0 aliphatic carbocycles. The molecule has 112 valence electrons. The third-order valence-electron chi connectivity index (χ3n) is 3.31. The van der Waals surface area contributed by atoms with Crippen LogP contribution in [0.2, 0.25) is 5.02 Å². The average molecular weight is 304 g/mol. The van der Waals surface area contributed by atoms with Gasteiger partial charge in [0.25, 0.3) is 0 Å². The second-order valence-corrected chi connectivity index (χ2v) is 5.19. The minimum atomic E-state index is -1.37. The molecule has 1 saturated heterocycles. The van der Waals surface area contributed by atoms with Crippen LogP contribution < -0.4 is 5.32 Å². The summed E-state index contributed by atoms with van der Waals surface area (Å²) in [6, 6.07) is 7.12. The number of benzene rings is 1. The van der Waals surface area contributed by atoms with Crippen molar-refractivity contribution in [3.05, 3.63) is 34.9 Å².